The van der Waals surface area contributed by atoms with Gasteiger partial charge in [0.1, 0.15) is 0 Å². The Morgan fingerprint density at radius 2 is 1.81 bits per heavy atom. The van der Waals surface area contributed by atoms with Gasteiger partial charge in [0.2, 0.25) is 5.95 Å². The molecule has 0 atom stereocenters. The van der Waals surface area contributed by atoms with Gasteiger partial charge in [0.05, 0.1) is 5.69 Å². The third-order valence-electron chi connectivity index (χ3n) is 6.59. The molecule has 1 aromatic carbocycles. The minimum absolute atomic E-state index is 0.379. The van der Waals surface area contributed by atoms with Gasteiger partial charge in [-0.1, -0.05) is 30.7 Å². The van der Waals surface area contributed by atoms with Crippen molar-refractivity contribution in [2.24, 2.45) is 0 Å². The molecule has 2 aliphatic heterocycles. The molecule has 2 aromatic rings. The first kappa shape index (κ1) is 17.1. The summed E-state index contributed by atoms with van der Waals surface area (Å²) in [6, 6.07) is 8.69. The lowest BCUT2D eigenvalue weighted by atomic mass is 9.81. The van der Waals surface area contributed by atoms with Crippen LogP contribution in [0, 0.1) is 0 Å². The predicted octanol–water partition coefficient (Wildman–Crippen LogP) is 3.57. The zero-order valence-corrected chi connectivity index (χ0v) is 16.0. The van der Waals surface area contributed by atoms with E-state index in [0.29, 0.717) is 5.54 Å². The van der Waals surface area contributed by atoms with Crippen molar-refractivity contribution in [2.45, 2.75) is 56.9 Å². The van der Waals surface area contributed by atoms with E-state index in [1.807, 2.05) is 6.20 Å². The van der Waals surface area contributed by atoms with Crippen molar-refractivity contribution in [3.63, 3.8) is 0 Å². The van der Waals surface area contributed by atoms with Crippen LogP contribution in [0.2, 0.25) is 0 Å². The van der Waals surface area contributed by atoms with Crippen molar-refractivity contribution in [3.8, 4) is 11.3 Å². The monoisotopic (exact) mass is 363 g/mol. The molecular weight excluding hydrogens is 334 g/mol. The summed E-state index contributed by atoms with van der Waals surface area (Å²) in [7, 11) is 0. The molecule has 0 unspecified atom stereocenters. The average Bonchev–Trinajstić information content (AvgIpc) is 2.90. The van der Waals surface area contributed by atoms with Gasteiger partial charge in [-0.2, -0.15) is 0 Å². The summed E-state index contributed by atoms with van der Waals surface area (Å²) in [6.45, 7) is 3.27. The third kappa shape index (κ3) is 3.46. The zero-order chi connectivity index (χ0) is 18.1. The summed E-state index contributed by atoms with van der Waals surface area (Å²) in [5.74, 6) is 0.734. The Balaban J connectivity index is 1.32. The lowest BCUT2D eigenvalue weighted by molar-refractivity contribution is 0.128. The van der Waals surface area contributed by atoms with Crippen LogP contribution in [0.15, 0.2) is 30.5 Å². The second kappa shape index (κ2) is 7.21. The smallest absolute Gasteiger partial charge is 0.238 e. The van der Waals surface area contributed by atoms with Gasteiger partial charge in [-0.05, 0) is 62.6 Å². The van der Waals surface area contributed by atoms with E-state index in [1.54, 1.807) is 0 Å². The van der Waals surface area contributed by atoms with Crippen LogP contribution in [-0.2, 0) is 12.8 Å². The number of benzene rings is 1. The molecule has 1 spiro atoms. The number of rotatable bonds is 2. The van der Waals surface area contributed by atoms with Gasteiger partial charge in [-0.3, -0.25) is 5.43 Å². The van der Waals surface area contributed by atoms with Crippen LogP contribution in [0.1, 0.15) is 49.7 Å². The van der Waals surface area contributed by atoms with Crippen molar-refractivity contribution < 1.29 is 0 Å². The molecule has 2 N–H and O–H groups in total. The number of anilines is 1. The number of fused-ring (bicyclic) bond motifs is 3. The molecule has 1 aromatic heterocycles. The minimum atomic E-state index is 0.379. The number of hydrogen-bond acceptors (Lipinski definition) is 5. The maximum Gasteiger partial charge on any atom is 0.238 e. The fourth-order valence-electron chi connectivity index (χ4n) is 4.96. The predicted molar refractivity (Wildman–Crippen MR) is 109 cm³/mol. The molecule has 5 heteroatoms. The first-order valence-electron chi connectivity index (χ1n) is 10.5. The maximum absolute atomic E-state index is 4.93. The van der Waals surface area contributed by atoms with Gasteiger partial charge in [0.15, 0.2) is 0 Å². The average molecular weight is 364 g/mol. The fourth-order valence-corrected chi connectivity index (χ4v) is 4.96. The van der Waals surface area contributed by atoms with E-state index in [9.17, 15) is 0 Å². The van der Waals surface area contributed by atoms with Crippen molar-refractivity contribution in [2.75, 3.05) is 25.1 Å². The van der Waals surface area contributed by atoms with Crippen LogP contribution in [0.3, 0.4) is 0 Å². The van der Waals surface area contributed by atoms with Gasteiger partial charge >= 0.3 is 0 Å². The Bertz CT molecular complexity index is 802. The topological polar surface area (TPSA) is 53.1 Å². The highest BCUT2D eigenvalue weighted by molar-refractivity contribution is 5.68. The van der Waals surface area contributed by atoms with Crippen molar-refractivity contribution in [3.05, 3.63) is 41.6 Å². The molecule has 1 aliphatic carbocycles. The van der Waals surface area contributed by atoms with Crippen LogP contribution < -0.4 is 10.7 Å². The molecule has 3 heterocycles. The summed E-state index contributed by atoms with van der Waals surface area (Å²) >= 11 is 0. The number of piperidine rings is 2. The highest BCUT2D eigenvalue weighted by Gasteiger charge is 2.35. The van der Waals surface area contributed by atoms with Crippen molar-refractivity contribution in [1.82, 2.24) is 20.3 Å². The Morgan fingerprint density at radius 1 is 0.963 bits per heavy atom. The van der Waals surface area contributed by atoms with Crippen LogP contribution in [0.4, 0.5) is 5.95 Å². The molecule has 5 nitrogen and oxygen atoms in total. The van der Waals surface area contributed by atoms with E-state index in [4.69, 9.17) is 4.98 Å². The standard InChI is InChI=1S/C22H29N5/c1-2-9-19-17(6-1)7-5-8-18-16-23-21(25-20(18)19)26-27-14-11-22(12-15-27)10-3-4-13-24-22/h1-2,6,9,16,24H,3-5,7-8,10-15H2,(H,23,25,26). The van der Waals surface area contributed by atoms with Crippen molar-refractivity contribution in [1.29, 1.82) is 0 Å². The number of nitrogens with one attached hydrogen (secondary N) is 2. The summed E-state index contributed by atoms with van der Waals surface area (Å²) in [6.07, 6.45) is 11.8. The lowest BCUT2D eigenvalue weighted by Gasteiger charge is -2.44. The molecule has 27 heavy (non-hydrogen) atoms. The number of nitrogens with zero attached hydrogens (tertiary/aromatic N) is 3. The Kier molecular flexibility index (Phi) is 4.58. The molecule has 0 saturated carbocycles. The fraction of sp³-hybridized carbons (Fsp3) is 0.545. The Hall–Kier alpha value is -1.98. The van der Waals surface area contributed by atoms with Crippen LogP contribution in [0.25, 0.3) is 11.3 Å². The molecule has 3 aliphatic rings. The van der Waals surface area contributed by atoms with Crippen LogP contribution >= 0.6 is 0 Å². The summed E-state index contributed by atoms with van der Waals surface area (Å²) in [5, 5.41) is 6.09. The van der Waals surface area contributed by atoms with E-state index in [1.165, 1.54) is 61.8 Å². The molecule has 5 rings (SSSR count). The second-order valence-electron chi connectivity index (χ2n) is 8.34. The normalized spacial score (nSPS) is 21.9. The zero-order valence-electron chi connectivity index (χ0n) is 16.0. The lowest BCUT2D eigenvalue weighted by Crippen LogP contribution is -2.56. The number of hydrazine groups is 1. The molecule has 0 amide bonds. The first-order chi connectivity index (χ1) is 13.3. The number of aryl methyl sites for hydroxylation is 2. The summed E-state index contributed by atoms with van der Waals surface area (Å²) in [4.78, 5) is 9.56. The summed E-state index contributed by atoms with van der Waals surface area (Å²) < 4.78 is 0. The quantitative estimate of drug-likeness (QED) is 0.854. The SMILES string of the molecule is c1ccc2c(c1)CCCc1cnc(NN3CCC4(CCCCN4)CC3)nc1-2. The largest absolute Gasteiger partial charge is 0.311 e. The van der Waals surface area contributed by atoms with E-state index >= 15 is 0 Å². The van der Waals surface area contributed by atoms with Gasteiger partial charge in [0.25, 0.3) is 0 Å². The second-order valence-corrected chi connectivity index (χ2v) is 8.34. The van der Waals surface area contributed by atoms with Gasteiger partial charge in [-0.25, -0.2) is 15.0 Å². The van der Waals surface area contributed by atoms with Gasteiger partial charge < -0.3 is 5.32 Å². The Labute approximate surface area is 161 Å². The van der Waals surface area contributed by atoms with Gasteiger partial charge in [-0.15, -0.1) is 0 Å². The van der Waals surface area contributed by atoms with E-state index in [0.717, 1.165) is 37.6 Å². The molecule has 2 fully saturated rings. The number of aromatic nitrogens is 2. The molecule has 2 saturated heterocycles. The highest BCUT2D eigenvalue weighted by atomic mass is 15.5. The third-order valence-corrected chi connectivity index (χ3v) is 6.59. The van der Waals surface area contributed by atoms with E-state index < -0.39 is 0 Å². The summed E-state index contributed by atoms with van der Waals surface area (Å²) in [5.41, 5.74) is 8.94. The molecular formula is C22H29N5. The first-order valence-corrected chi connectivity index (χ1v) is 10.5. The van der Waals surface area contributed by atoms with Gasteiger partial charge in [0, 0.05) is 30.4 Å². The number of hydrogen-bond donors (Lipinski definition) is 2. The minimum Gasteiger partial charge on any atom is -0.311 e. The van der Waals surface area contributed by atoms with Crippen LogP contribution in [-0.4, -0.2) is 40.2 Å². The molecule has 0 bridgehead atoms. The highest BCUT2D eigenvalue weighted by Crippen LogP contribution is 2.32. The van der Waals surface area contributed by atoms with Crippen LogP contribution in [0.5, 0.6) is 0 Å². The Morgan fingerprint density at radius 3 is 2.67 bits per heavy atom. The molecule has 0 radical (unpaired) electrons. The van der Waals surface area contributed by atoms with E-state index in [-0.39, 0.29) is 0 Å². The molecule has 142 valence electrons. The van der Waals surface area contributed by atoms with Crippen molar-refractivity contribution >= 4 is 5.95 Å². The van der Waals surface area contributed by atoms with E-state index in [2.05, 4.69) is 45.0 Å². The maximum atomic E-state index is 4.93.